The van der Waals surface area contributed by atoms with E-state index in [4.69, 9.17) is 5.14 Å². The molecule has 0 saturated carbocycles. The average Bonchev–Trinajstić information content (AvgIpc) is 3.12. The van der Waals surface area contributed by atoms with E-state index in [0.717, 1.165) is 5.56 Å². The number of benzene rings is 2. The van der Waals surface area contributed by atoms with Gasteiger partial charge in [-0.15, -0.1) is 0 Å². The van der Waals surface area contributed by atoms with Gasteiger partial charge < -0.3 is 5.32 Å². The van der Waals surface area contributed by atoms with Gasteiger partial charge in [0.05, 0.1) is 22.3 Å². The molecule has 0 aliphatic carbocycles. The predicted molar refractivity (Wildman–Crippen MR) is 97.8 cm³/mol. The number of aromatic nitrogens is 2. The second-order valence-electron chi connectivity index (χ2n) is 5.86. The molecule has 9 heteroatoms. The number of carbonyl (C=O) groups excluding carboxylic acids is 1. The van der Waals surface area contributed by atoms with Crippen molar-refractivity contribution in [3.8, 4) is 11.3 Å². The summed E-state index contributed by atoms with van der Waals surface area (Å²) in [6.45, 7) is 0.349. The fourth-order valence-corrected chi connectivity index (χ4v) is 3.07. The van der Waals surface area contributed by atoms with Crippen LogP contribution >= 0.6 is 0 Å². The molecule has 27 heavy (non-hydrogen) atoms. The van der Waals surface area contributed by atoms with Crippen LogP contribution in [-0.4, -0.2) is 31.1 Å². The highest BCUT2D eigenvalue weighted by molar-refractivity contribution is 7.89. The summed E-state index contributed by atoms with van der Waals surface area (Å²) in [7, 11) is -3.72. The number of aromatic amines is 1. The Morgan fingerprint density at radius 2 is 1.78 bits per heavy atom. The molecule has 4 N–H and O–H groups in total. The number of nitrogens with two attached hydrogens (primary N) is 1. The Hall–Kier alpha value is -3.04. The van der Waals surface area contributed by atoms with Gasteiger partial charge in [-0.3, -0.25) is 9.89 Å². The Balaban J connectivity index is 1.62. The molecule has 0 saturated heterocycles. The van der Waals surface area contributed by atoms with Gasteiger partial charge in [0.15, 0.2) is 0 Å². The first kappa shape index (κ1) is 18.7. The number of halogens is 1. The van der Waals surface area contributed by atoms with Crippen molar-refractivity contribution in [3.05, 3.63) is 71.7 Å². The Labute approximate surface area is 155 Å². The van der Waals surface area contributed by atoms with Crippen molar-refractivity contribution in [2.75, 3.05) is 6.54 Å². The number of sulfonamides is 1. The van der Waals surface area contributed by atoms with Crippen LogP contribution in [0.2, 0.25) is 0 Å². The van der Waals surface area contributed by atoms with E-state index >= 15 is 0 Å². The van der Waals surface area contributed by atoms with Crippen LogP contribution < -0.4 is 10.5 Å². The van der Waals surface area contributed by atoms with Gasteiger partial charge in [-0.05, 0) is 48.4 Å². The summed E-state index contributed by atoms with van der Waals surface area (Å²) in [5.41, 5.74) is 2.36. The van der Waals surface area contributed by atoms with Crippen molar-refractivity contribution in [1.82, 2.24) is 15.5 Å². The number of H-pyrrole nitrogens is 1. The number of rotatable bonds is 6. The summed E-state index contributed by atoms with van der Waals surface area (Å²) in [5, 5.41) is 14.5. The topological polar surface area (TPSA) is 118 Å². The maximum absolute atomic E-state index is 13.1. The minimum Gasteiger partial charge on any atom is -0.352 e. The molecular weight excluding hydrogens is 371 g/mol. The number of hydrogen-bond donors (Lipinski definition) is 3. The van der Waals surface area contributed by atoms with Gasteiger partial charge in [0.25, 0.3) is 5.91 Å². The first-order valence-electron chi connectivity index (χ1n) is 8.04. The van der Waals surface area contributed by atoms with Gasteiger partial charge in [0, 0.05) is 12.1 Å². The monoisotopic (exact) mass is 388 g/mol. The van der Waals surface area contributed by atoms with Crippen LogP contribution in [0, 0.1) is 5.82 Å². The zero-order valence-corrected chi connectivity index (χ0v) is 15.0. The molecule has 1 aromatic heterocycles. The lowest BCUT2D eigenvalue weighted by Gasteiger charge is -2.07. The smallest absolute Gasteiger partial charge is 0.255 e. The third-order valence-corrected chi connectivity index (χ3v) is 4.90. The quantitative estimate of drug-likeness (QED) is 0.597. The van der Waals surface area contributed by atoms with Gasteiger partial charge in [-0.2, -0.15) is 5.10 Å². The molecule has 0 aliphatic heterocycles. The summed E-state index contributed by atoms with van der Waals surface area (Å²) in [4.78, 5) is 12.4. The highest BCUT2D eigenvalue weighted by atomic mass is 32.2. The standard InChI is InChI=1S/C18H17FN4O3S/c19-14-5-3-13(4-6-14)17-16(11-22-23-17)18(24)21-10-9-12-1-7-15(8-2-12)27(20,25)26/h1-8,11H,9-10H2,(H,21,24)(H,22,23)(H2,20,25,26). The summed E-state index contributed by atoms with van der Waals surface area (Å²) >= 11 is 0. The number of nitrogens with zero attached hydrogens (tertiary/aromatic N) is 1. The third-order valence-electron chi connectivity index (χ3n) is 3.97. The molecule has 7 nitrogen and oxygen atoms in total. The molecular formula is C18H17FN4O3S. The second-order valence-corrected chi connectivity index (χ2v) is 7.42. The maximum Gasteiger partial charge on any atom is 0.255 e. The van der Waals surface area contributed by atoms with Crippen molar-refractivity contribution in [3.63, 3.8) is 0 Å². The van der Waals surface area contributed by atoms with Crippen LogP contribution in [0.25, 0.3) is 11.3 Å². The van der Waals surface area contributed by atoms with Crippen LogP contribution in [-0.2, 0) is 16.4 Å². The molecule has 0 spiro atoms. The number of primary sulfonamides is 1. The van der Waals surface area contributed by atoms with E-state index in [-0.39, 0.29) is 16.6 Å². The van der Waals surface area contributed by atoms with E-state index < -0.39 is 10.0 Å². The highest BCUT2D eigenvalue weighted by Crippen LogP contribution is 2.21. The molecule has 140 valence electrons. The van der Waals surface area contributed by atoms with Crippen LogP contribution in [0.4, 0.5) is 4.39 Å². The predicted octanol–water partition coefficient (Wildman–Crippen LogP) is 1.84. The van der Waals surface area contributed by atoms with Crippen molar-refractivity contribution < 1.29 is 17.6 Å². The van der Waals surface area contributed by atoms with E-state index in [1.807, 2.05) is 0 Å². The second kappa shape index (κ2) is 7.68. The molecule has 0 fully saturated rings. The molecule has 3 aromatic rings. The maximum atomic E-state index is 13.1. The number of nitrogens with one attached hydrogen (secondary N) is 2. The minimum absolute atomic E-state index is 0.0395. The van der Waals surface area contributed by atoms with Crippen molar-refractivity contribution in [2.24, 2.45) is 5.14 Å². The van der Waals surface area contributed by atoms with E-state index in [0.29, 0.717) is 29.8 Å². The molecule has 0 radical (unpaired) electrons. The molecule has 0 aliphatic rings. The molecule has 2 aromatic carbocycles. The average molecular weight is 388 g/mol. The van der Waals surface area contributed by atoms with Gasteiger partial charge in [0.1, 0.15) is 5.82 Å². The number of carbonyl (C=O) groups is 1. The lowest BCUT2D eigenvalue weighted by Crippen LogP contribution is -2.25. The first-order valence-corrected chi connectivity index (χ1v) is 9.58. The Bertz CT molecular complexity index is 1040. The number of hydrogen-bond acceptors (Lipinski definition) is 4. The Kier molecular flexibility index (Phi) is 5.33. The Morgan fingerprint density at radius 1 is 1.11 bits per heavy atom. The fourth-order valence-electron chi connectivity index (χ4n) is 2.56. The lowest BCUT2D eigenvalue weighted by atomic mass is 10.1. The van der Waals surface area contributed by atoms with E-state index in [2.05, 4.69) is 15.5 Å². The summed E-state index contributed by atoms with van der Waals surface area (Å²) in [6, 6.07) is 11.9. The van der Waals surface area contributed by atoms with Gasteiger partial charge in [-0.25, -0.2) is 17.9 Å². The van der Waals surface area contributed by atoms with Gasteiger partial charge in [-0.1, -0.05) is 12.1 Å². The summed E-state index contributed by atoms with van der Waals surface area (Å²) in [5.74, 6) is -0.679. The largest absolute Gasteiger partial charge is 0.352 e. The molecule has 1 amide bonds. The normalized spacial score (nSPS) is 11.3. The highest BCUT2D eigenvalue weighted by Gasteiger charge is 2.15. The molecule has 0 atom stereocenters. The lowest BCUT2D eigenvalue weighted by molar-refractivity contribution is 0.0955. The third kappa shape index (κ3) is 4.57. The minimum atomic E-state index is -3.72. The molecule has 0 bridgehead atoms. The zero-order chi connectivity index (χ0) is 19.4. The Morgan fingerprint density at radius 3 is 2.41 bits per heavy atom. The van der Waals surface area contributed by atoms with Crippen molar-refractivity contribution >= 4 is 15.9 Å². The fraction of sp³-hybridized carbons (Fsp3) is 0.111. The summed E-state index contributed by atoms with van der Waals surface area (Å²) < 4.78 is 35.5. The molecule has 0 unspecified atom stereocenters. The first-order chi connectivity index (χ1) is 12.8. The summed E-state index contributed by atoms with van der Waals surface area (Å²) in [6.07, 6.45) is 1.93. The van der Waals surface area contributed by atoms with Crippen LogP contribution in [0.15, 0.2) is 59.6 Å². The van der Waals surface area contributed by atoms with Gasteiger partial charge in [0.2, 0.25) is 10.0 Å². The van der Waals surface area contributed by atoms with E-state index in [1.165, 1.54) is 30.5 Å². The van der Waals surface area contributed by atoms with Crippen molar-refractivity contribution in [2.45, 2.75) is 11.3 Å². The SMILES string of the molecule is NS(=O)(=O)c1ccc(CCNC(=O)c2cn[nH]c2-c2ccc(F)cc2)cc1. The molecule has 3 rings (SSSR count). The van der Waals surface area contributed by atoms with Crippen molar-refractivity contribution in [1.29, 1.82) is 0 Å². The molecule has 1 heterocycles. The van der Waals surface area contributed by atoms with Crippen LogP contribution in [0.3, 0.4) is 0 Å². The van der Waals surface area contributed by atoms with Crippen LogP contribution in [0.1, 0.15) is 15.9 Å². The van der Waals surface area contributed by atoms with E-state index in [1.54, 1.807) is 24.3 Å². The zero-order valence-electron chi connectivity index (χ0n) is 14.1. The van der Waals surface area contributed by atoms with Crippen LogP contribution in [0.5, 0.6) is 0 Å². The number of amides is 1. The van der Waals surface area contributed by atoms with Gasteiger partial charge >= 0.3 is 0 Å². The van der Waals surface area contributed by atoms with E-state index in [9.17, 15) is 17.6 Å².